The van der Waals surface area contributed by atoms with Crippen molar-refractivity contribution < 1.29 is 19.2 Å². The highest BCUT2D eigenvalue weighted by Crippen LogP contribution is 2.31. The lowest BCUT2D eigenvalue weighted by atomic mass is 9.98. The van der Waals surface area contributed by atoms with Gasteiger partial charge in [-0.15, -0.1) is 0 Å². The molecule has 0 aromatic heterocycles. The van der Waals surface area contributed by atoms with Gasteiger partial charge in [0.1, 0.15) is 12.4 Å². The minimum Gasteiger partial charge on any atom is -0.489 e. The van der Waals surface area contributed by atoms with Crippen LogP contribution in [0.3, 0.4) is 0 Å². The number of rotatable bonds is 7. The van der Waals surface area contributed by atoms with Crippen LogP contribution in [0.1, 0.15) is 31.4 Å². The fraction of sp³-hybridized carbons (Fsp3) is 0.263. The zero-order chi connectivity index (χ0) is 18.2. The number of nitriles is 1. The van der Waals surface area contributed by atoms with Crippen LogP contribution in [0.5, 0.6) is 5.75 Å². The van der Waals surface area contributed by atoms with Gasteiger partial charge in [0.05, 0.1) is 23.2 Å². The van der Waals surface area contributed by atoms with Gasteiger partial charge in [-0.2, -0.15) is 5.26 Å². The summed E-state index contributed by atoms with van der Waals surface area (Å²) in [5.74, 6) is -1.89. The third-order valence-corrected chi connectivity index (χ3v) is 3.41. The first-order chi connectivity index (χ1) is 12.1. The number of benzene rings is 2. The highest BCUT2D eigenvalue weighted by atomic mass is 16.6. The zero-order valence-corrected chi connectivity index (χ0v) is 13.5. The molecule has 1 atom stereocenters. The van der Waals surface area contributed by atoms with Gasteiger partial charge >= 0.3 is 5.97 Å². The largest absolute Gasteiger partial charge is 0.489 e. The summed E-state index contributed by atoms with van der Waals surface area (Å²) in [5.41, 5.74) is 0.549. The lowest BCUT2D eigenvalue weighted by molar-refractivity contribution is -0.385. The number of hydrogen-bond acceptors (Lipinski definition) is 6. The van der Waals surface area contributed by atoms with Gasteiger partial charge in [-0.05, 0) is 24.6 Å². The molecule has 0 saturated heterocycles. The normalized spacial score (nSPS) is 10.8. The lowest BCUT2D eigenvalue weighted by Gasteiger charge is -2.12. The minimum atomic E-state index is -1.39. The molecule has 7 nitrogen and oxygen atoms in total. The van der Waals surface area contributed by atoms with Crippen LogP contribution in [0.4, 0.5) is 5.69 Å². The van der Waals surface area contributed by atoms with E-state index in [0.717, 1.165) is 5.56 Å². The van der Waals surface area contributed by atoms with Gasteiger partial charge in [-0.3, -0.25) is 14.9 Å². The number of nitro benzene ring substituents is 1. The number of carbonyl (C=O) groups excluding carboxylic acids is 1. The Hall–Kier alpha value is -3.40. The second-order valence-electron chi connectivity index (χ2n) is 5.07. The number of hydrogen-bond donors (Lipinski definition) is 0. The van der Waals surface area contributed by atoms with E-state index in [1.807, 2.05) is 30.3 Å². The maximum Gasteiger partial charge on any atom is 0.328 e. The molecular formula is C19H20N2O5. The first-order valence-corrected chi connectivity index (χ1v) is 7.58. The molecule has 26 heavy (non-hydrogen) atoms. The van der Waals surface area contributed by atoms with E-state index in [1.54, 1.807) is 13.0 Å². The Bertz CT molecular complexity index is 799. The SMILES string of the molecule is C.CCOC(=O)C(C#N)c1cc(OCc2ccccc2)ccc1[N+](=O)[O-]. The van der Waals surface area contributed by atoms with Crippen LogP contribution >= 0.6 is 0 Å². The van der Waals surface area contributed by atoms with Crippen LogP contribution in [0, 0.1) is 21.4 Å². The van der Waals surface area contributed by atoms with Crippen molar-refractivity contribution in [2.24, 2.45) is 0 Å². The van der Waals surface area contributed by atoms with Crippen molar-refractivity contribution in [2.45, 2.75) is 26.9 Å². The second-order valence-corrected chi connectivity index (χ2v) is 5.07. The van der Waals surface area contributed by atoms with Crippen molar-refractivity contribution in [1.82, 2.24) is 0 Å². The van der Waals surface area contributed by atoms with E-state index >= 15 is 0 Å². The number of nitrogens with zero attached hydrogens (tertiary/aromatic N) is 2. The summed E-state index contributed by atoms with van der Waals surface area (Å²) >= 11 is 0. The molecule has 0 spiro atoms. The molecule has 2 aromatic rings. The second kappa shape index (κ2) is 9.79. The highest BCUT2D eigenvalue weighted by Gasteiger charge is 2.29. The lowest BCUT2D eigenvalue weighted by Crippen LogP contribution is -2.16. The zero-order valence-electron chi connectivity index (χ0n) is 13.5. The van der Waals surface area contributed by atoms with Crippen LogP contribution in [0.25, 0.3) is 0 Å². The van der Waals surface area contributed by atoms with Gasteiger partial charge in [0.25, 0.3) is 5.69 Å². The molecule has 0 heterocycles. The summed E-state index contributed by atoms with van der Waals surface area (Å²) in [7, 11) is 0. The third kappa shape index (κ3) is 5.05. The fourth-order valence-electron chi connectivity index (χ4n) is 2.24. The van der Waals surface area contributed by atoms with Crippen molar-refractivity contribution in [3.05, 3.63) is 69.8 Å². The summed E-state index contributed by atoms with van der Waals surface area (Å²) < 4.78 is 10.4. The Labute approximate surface area is 151 Å². The summed E-state index contributed by atoms with van der Waals surface area (Å²) in [6, 6.07) is 15.1. The molecule has 0 aliphatic heterocycles. The van der Waals surface area contributed by atoms with E-state index in [-0.39, 0.29) is 31.9 Å². The summed E-state index contributed by atoms with van der Waals surface area (Å²) in [5, 5.41) is 20.5. The molecule has 0 fully saturated rings. The van der Waals surface area contributed by atoms with Gasteiger partial charge in [-0.25, -0.2) is 0 Å². The maximum atomic E-state index is 11.9. The average molecular weight is 356 g/mol. The monoisotopic (exact) mass is 356 g/mol. The quantitative estimate of drug-likeness (QED) is 0.422. The van der Waals surface area contributed by atoms with Gasteiger partial charge in [-0.1, -0.05) is 37.8 Å². The van der Waals surface area contributed by atoms with Gasteiger partial charge in [0, 0.05) is 6.07 Å². The molecule has 1 unspecified atom stereocenters. The van der Waals surface area contributed by atoms with Gasteiger partial charge in [0.2, 0.25) is 0 Å². The topological polar surface area (TPSA) is 102 Å². The van der Waals surface area contributed by atoms with Crippen molar-refractivity contribution in [1.29, 1.82) is 5.26 Å². The van der Waals surface area contributed by atoms with Gasteiger partial charge in [0.15, 0.2) is 5.92 Å². The van der Waals surface area contributed by atoms with E-state index < -0.39 is 16.8 Å². The predicted octanol–water partition coefficient (Wildman–Crippen LogP) is 3.98. The van der Waals surface area contributed by atoms with E-state index in [1.165, 1.54) is 18.2 Å². The molecule has 0 saturated carbocycles. The summed E-state index contributed by atoms with van der Waals surface area (Å²) in [6.45, 7) is 1.93. The molecule has 7 heteroatoms. The number of carbonyl (C=O) groups is 1. The Morgan fingerprint density at radius 3 is 2.54 bits per heavy atom. The summed E-state index contributed by atoms with van der Waals surface area (Å²) in [4.78, 5) is 22.5. The van der Waals surface area contributed by atoms with Crippen LogP contribution in [-0.4, -0.2) is 17.5 Å². The molecule has 0 N–H and O–H groups in total. The smallest absolute Gasteiger partial charge is 0.328 e. The number of nitro groups is 1. The minimum absolute atomic E-state index is 0. The maximum absolute atomic E-state index is 11.9. The summed E-state index contributed by atoms with van der Waals surface area (Å²) in [6.07, 6.45) is 0. The van der Waals surface area contributed by atoms with E-state index in [0.29, 0.717) is 5.75 Å². The van der Waals surface area contributed by atoms with Crippen molar-refractivity contribution in [3.63, 3.8) is 0 Å². The van der Waals surface area contributed by atoms with E-state index in [4.69, 9.17) is 9.47 Å². The molecular weight excluding hydrogens is 336 g/mol. The standard InChI is InChI=1S/C18H16N2O5.CH4/c1-2-24-18(21)16(11-19)15-10-14(8-9-17(15)20(22)23)25-12-13-6-4-3-5-7-13;/h3-10,16H,2,12H2,1H3;1H4. The fourth-order valence-corrected chi connectivity index (χ4v) is 2.24. The Morgan fingerprint density at radius 2 is 1.96 bits per heavy atom. The van der Waals surface area contributed by atoms with E-state index in [2.05, 4.69) is 0 Å². The van der Waals surface area contributed by atoms with Crippen LogP contribution in [0.15, 0.2) is 48.5 Å². The molecule has 2 aromatic carbocycles. The van der Waals surface area contributed by atoms with Crippen LogP contribution < -0.4 is 4.74 Å². The first-order valence-electron chi connectivity index (χ1n) is 7.58. The first kappa shape index (κ1) is 20.6. The van der Waals surface area contributed by atoms with Crippen molar-refractivity contribution in [2.75, 3.05) is 6.61 Å². The van der Waals surface area contributed by atoms with Crippen LogP contribution in [-0.2, 0) is 16.1 Å². The van der Waals surface area contributed by atoms with E-state index in [9.17, 15) is 20.2 Å². The number of esters is 1. The Balaban J connectivity index is 0.00000338. The molecule has 0 radical (unpaired) electrons. The number of ether oxygens (including phenoxy) is 2. The molecule has 0 aliphatic carbocycles. The molecule has 136 valence electrons. The van der Waals surface area contributed by atoms with Gasteiger partial charge < -0.3 is 9.47 Å². The molecule has 0 amide bonds. The van der Waals surface area contributed by atoms with Crippen LogP contribution in [0.2, 0.25) is 0 Å². The molecule has 0 aliphatic rings. The third-order valence-electron chi connectivity index (χ3n) is 3.41. The Kier molecular flexibility index (Phi) is 7.77. The average Bonchev–Trinajstić information content (AvgIpc) is 2.61. The highest BCUT2D eigenvalue weighted by molar-refractivity contribution is 5.83. The van der Waals surface area contributed by atoms with Crippen molar-refractivity contribution in [3.8, 4) is 11.8 Å². The Morgan fingerprint density at radius 1 is 1.27 bits per heavy atom. The predicted molar refractivity (Wildman–Crippen MR) is 95.6 cm³/mol. The molecule has 0 bridgehead atoms. The molecule has 2 rings (SSSR count). The van der Waals surface area contributed by atoms with Crippen molar-refractivity contribution >= 4 is 11.7 Å².